The highest BCUT2D eigenvalue weighted by molar-refractivity contribution is 6.77. The van der Waals surface area contributed by atoms with Crippen molar-refractivity contribution in [2.45, 2.75) is 45.1 Å². The SMILES string of the molecule is C=C(CCC[Si](C)(C)O[Si](C)C)C(=O)OC. The molecule has 0 bridgehead atoms. The molecule has 0 aromatic rings. The Morgan fingerprint density at radius 2 is 1.94 bits per heavy atom. The average molecular weight is 259 g/mol. The van der Waals surface area contributed by atoms with Crippen molar-refractivity contribution in [1.82, 2.24) is 0 Å². The van der Waals surface area contributed by atoms with Gasteiger partial charge in [-0.1, -0.05) is 6.58 Å². The zero-order valence-electron chi connectivity index (χ0n) is 11.1. The molecule has 0 aliphatic heterocycles. The van der Waals surface area contributed by atoms with Crippen molar-refractivity contribution in [1.29, 1.82) is 0 Å². The first kappa shape index (κ1) is 15.6. The number of ether oxygens (including phenoxy) is 1. The molecule has 0 fully saturated rings. The van der Waals surface area contributed by atoms with E-state index in [0.717, 1.165) is 12.5 Å². The summed E-state index contributed by atoms with van der Waals surface area (Å²) in [7, 11) is -0.754. The smallest absolute Gasteiger partial charge is 0.333 e. The summed E-state index contributed by atoms with van der Waals surface area (Å²) in [6, 6.07) is 1.07. The van der Waals surface area contributed by atoms with Gasteiger partial charge in [-0.2, -0.15) is 0 Å². The standard InChI is InChI=1S/C11H23O3Si2/c1-10(11(12)13-2)8-7-9-16(5,6)14-15(3)4/h1,7-9H2,2-6H3. The number of hydrogen-bond donors (Lipinski definition) is 0. The molecule has 16 heavy (non-hydrogen) atoms. The highest BCUT2D eigenvalue weighted by atomic mass is 28.4. The fourth-order valence-corrected chi connectivity index (χ4v) is 7.43. The van der Waals surface area contributed by atoms with Gasteiger partial charge in [0.2, 0.25) is 0 Å². The highest BCUT2D eigenvalue weighted by Gasteiger charge is 2.23. The molecule has 0 saturated carbocycles. The summed E-state index contributed by atoms with van der Waals surface area (Å²) in [5.74, 6) is -0.295. The van der Waals surface area contributed by atoms with Gasteiger partial charge >= 0.3 is 5.97 Å². The van der Waals surface area contributed by atoms with Crippen molar-refractivity contribution in [3.63, 3.8) is 0 Å². The third-order valence-corrected chi connectivity index (χ3v) is 7.61. The first-order chi connectivity index (χ1) is 7.28. The Kier molecular flexibility index (Phi) is 6.86. The molecule has 3 nitrogen and oxygen atoms in total. The predicted molar refractivity (Wildman–Crippen MR) is 71.2 cm³/mol. The fraction of sp³-hybridized carbons (Fsp3) is 0.727. The van der Waals surface area contributed by atoms with E-state index in [-0.39, 0.29) is 5.97 Å². The number of esters is 1. The molecule has 1 radical (unpaired) electrons. The number of rotatable bonds is 7. The Morgan fingerprint density at radius 1 is 1.38 bits per heavy atom. The summed E-state index contributed by atoms with van der Waals surface area (Å²) in [5.41, 5.74) is 0.561. The molecule has 5 heteroatoms. The lowest BCUT2D eigenvalue weighted by atomic mass is 10.2. The van der Waals surface area contributed by atoms with Crippen molar-refractivity contribution < 1.29 is 13.6 Å². The summed E-state index contributed by atoms with van der Waals surface area (Å²) in [6.45, 7) is 12.5. The molecule has 0 heterocycles. The van der Waals surface area contributed by atoms with E-state index >= 15 is 0 Å². The van der Waals surface area contributed by atoms with Crippen LogP contribution in [0.4, 0.5) is 0 Å². The van der Waals surface area contributed by atoms with Crippen LogP contribution < -0.4 is 0 Å². The predicted octanol–water partition coefficient (Wildman–Crippen LogP) is 2.97. The van der Waals surface area contributed by atoms with Gasteiger partial charge in [-0.3, -0.25) is 0 Å². The fourth-order valence-electron chi connectivity index (χ4n) is 1.58. The van der Waals surface area contributed by atoms with Gasteiger partial charge in [0.25, 0.3) is 0 Å². The van der Waals surface area contributed by atoms with Gasteiger partial charge in [-0.05, 0) is 45.1 Å². The minimum atomic E-state index is -1.53. The molecule has 0 amide bonds. The van der Waals surface area contributed by atoms with Crippen LogP contribution in [0, 0.1) is 0 Å². The molecule has 0 aliphatic rings. The normalized spacial score (nSPS) is 11.6. The van der Waals surface area contributed by atoms with E-state index < -0.39 is 17.4 Å². The third kappa shape index (κ3) is 6.97. The molecular formula is C11H23O3Si2. The quantitative estimate of drug-likeness (QED) is 0.400. The Balaban J connectivity index is 3.89. The van der Waals surface area contributed by atoms with Gasteiger partial charge in [-0.15, -0.1) is 0 Å². The van der Waals surface area contributed by atoms with Gasteiger partial charge in [-0.25, -0.2) is 4.79 Å². The van der Waals surface area contributed by atoms with Gasteiger partial charge in [0.15, 0.2) is 17.4 Å². The Morgan fingerprint density at radius 3 is 2.38 bits per heavy atom. The van der Waals surface area contributed by atoms with Gasteiger partial charge in [0.05, 0.1) is 7.11 Å². The van der Waals surface area contributed by atoms with Crippen LogP contribution in [0.5, 0.6) is 0 Å². The third-order valence-electron chi connectivity index (χ3n) is 2.21. The number of hydrogen-bond acceptors (Lipinski definition) is 3. The van der Waals surface area contributed by atoms with E-state index in [9.17, 15) is 4.79 Å². The summed E-state index contributed by atoms with van der Waals surface area (Å²) < 4.78 is 10.6. The maximum atomic E-state index is 11.1. The molecule has 0 spiro atoms. The molecule has 0 aromatic heterocycles. The van der Waals surface area contributed by atoms with E-state index in [4.69, 9.17) is 4.12 Å². The van der Waals surface area contributed by atoms with Crippen LogP contribution >= 0.6 is 0 Å². The molecule has 0 aliphatic carbocycles. The highest BCUT2D eigenvalue weighted by Crippen LogP contribution is 2.18. The van der Waals surface area contributed by atoms with Crippen molar-refractivity contribution in [3.05, 3.63) is 12.2 Å². The molecule has 0 saturated heterocycles. The second-order valence-electron chi connectivity index (χ2n) is 4.72. The lowest BCUT2D eigenvalue weighted by molar-refractivity contribution is -0.136. The largest absolute Gasteiger partial charge is 0.466 e. The van der Waals surface area contributed by atoms with Crippen molar-refractivity contribution in [2.24, 2.45) is 0 Å². The maximum Gasteiger partial charge on any atom is 0.333 e. The van der Waals surface area contributed by atoms with Crippen LogP contribution in [0.25, 0.3) is 0 Å². The van der Waals surface area contributed by atoms with Gasteiger partial charge < -0.3 is 8.85 Å². The minimum absolute atomic E-state index is 0.295. The molecule has 0 atom stereocenters. The monoisotopic (exact) mass is 259 g/mol. The molecule has 0 N–H and O–H groups in total. The second kappa shape index (κ2) is 7.03. The Bertz CT molecular complexity index is 250. The van der Waals surface area contributed by atoms with Crippen LogP contribution in [0.3, 0.4) is 0 Å². The molecule has 0 rings (SSSR count). The van der Waals surface area contributed by atoms with E-state index in [0.29, 0.717) is 12.0 Å². The zero-order chi connectivity index (χ0) is 12.8. The van der Waals surface area contributed by atoms with Crippen molar-refractivity contribution >= 4 is 23.3 Å². The average Bonchev–Trinajstić information content (AvgIpc) is 2.13. The van der Waals surface area contributed by atoms with Crippen LogP contribution in [0.1, 0.15) is 12.8 Å². The zero-order valence-corrected chi connectivity index (χ0v) is 13.1. The molecule has 93 valence electrons. The molecule has 0 unspecified atom stereocenters. The van der Waals surface area contributed by atoms with Crippen LogP contribution in [0.15, 0.2) is 12.2 Å². The van der Waals surface area contributed by atoms with Crippen LogP contribution in [0.2, 0.25) is 32.2 Å². The van der Waals surface area contributed by atoms with Crippen LogP contribution in [-0.4, -0.2) is 30.4 Å². The topological polar surface area (TPSA) is 35.5 Å². The lowest BCUT2D eigenvalue weighted by Gasteiger charge is -2.25. The van der Waals surface area contributed by atoms with E-state index in [1.807, 2.05) is 0 Å². The summed E-state index contributed by atoms with van der Waals surface area (Å²) >= 11 is 0. The molecule has 0 aromatic carbocycles. The number of methoxy groups -OCH3 is 1. The van der Waals surface area contributed by atoms with Crippen LogP contribution in [-0.2, 0) is 13.6 Å². The summed E-state index contributed by atoms with van der Waals surface area (Å²) in [6.07, 6.45) is 1.67. The Hall–Kier alpha value is -0.396. The minimum Gasteiger partial charge on any atom is -0.466 e. The van der Waals surface area contributed by atoms with Gasteiger partial charge in [0, 0.05) is 5.57 Å². The lowest BCUT2D eigenvalue weighted by Crippen LogP contribution is -2.35. The van der Waals surface area contributed by atoms with Crippen molar-refractivity contribution in [3.8, 4) is 0 Å². The van der Waals surface area contributed by atoms with Crippen molar-refractivity contribution in [2.75, 3.05) is 7.11 Å². The number of carbonyl (C=O) groups excluding carboxylic acids is 1. The van der Waals surface area contributed by atoms with E-state index in [1.165, 1.54) is 7.11 Å². The van der Waals surface area contributed by atoms with E-state index in [1.54, 1.807) is 0 Å². The maximum absolute atomic E-state index is 11.1. The Labute approximate surface area is 102 Å². The van der Waals surface area contributed by atoms with E-state index in [2.05, 4.69) is 37.5 Å². The second-order valence-corrected chi connectivity index (χ2v) is 11.4. The van der Waals surface area contributed by atoms with Gasteiger partial charge in [0.1, 0.15) is 0 Å². The first-order valence-electron chi connectivity index (χ1n) is 5.54. The summed E-state index contributed by atoms with van der Waals surface area (Å²) in [4.78, 5) is 11.1. The molecular weight excluding hydrogens is 236 g/mol. The first-order valence-corrected chi connectivity index (χ1v) is 11.1. The summed E-state index contributed by atoms with van der Waals surface area (Å²) in [5, 5.41) is 0. The number of carbonyl (C=O) groups is 1.